The van der Waals surface area contributed by atoms with E-state index < -0.39 is 12.0 Å². The first kappa shape index (κ1) is 14.8. The molecule has 112 valence electrons. The molecule has 1 atom stereocenters. The van der Waals surface area contributed by atoms with Crippen molar-refractivity contribution >= 4 is 11.6 Å². The molecule has 0 bridgehead atoms. The predicted octanol–water partition coefficient (Wildman–Crippen LogP) is 2.41. The van der Waals surface area contributed by atoms with Gasteiger partial charge in [-0.3, -0.25) is 0 Å². The number of piperidine rings is 1. The van der Waals surface area contributed by atoms with Crippen LogP contribution in [0.3, 0.4) is 0 Å². The van der Waals surface area contributed by atoms with Crippen LogP contribution < -0.4 is 16.2 Å². The van der Waals surface area contributed by atoms with E-state index in [2.05, 4.69) is 22.3 Å². The molecule has 2 heterocycles. The third-order valence-electron chi connectivity index (χ3n) is 3.53. The summed E-state index contributed by atoms with van der Waals surface area (Å²) in [5, 5.41) is 0. The van der Waals surface area contributed by atoms with Crippen LogP contribution in [0.5, 0.6) is 0 Å². The molecule has 0 aliphatic carbocycles. The van der Waals surface area contributed by atoms with E-state index in [1.54, 1.807) is 0 Å². The van der Waals surface area contributed by atoms with Gasteiger partial charge in [0.1, 0.15) is 11.6 Å². The molecule has 8 heteroatoms. The number of anilines is 2. The number of hydrogen-bond acceptors (Lipinski definition) is 5. The Balaban J connectivity index is 2.30. The van der Waals surface area contributed by atoms with Crippen LogP contribution in [0, 0.1) is 5.92 Å². The zero-order valence-electron chi connectivity index (χ0n) is 11.2. The van der Waals surface area contributed by atoms with Crippen LogP contribution in [0.2, 0.25) is 0 Å². The number of alkyl halides is 3. The van der Waals surface area contributed by atoms with Crippen LogP contribution in [0.4, 0.5) is 24.8 Å². The van der Waals surface area contributed by atoms with E-state index >= 15 is 0 Å². The lowest BCUT2D eigenvalue weighted by Crippen LogP contribution is -2.36. The topological polar surface area (TPSA) is 67.1 Å². The largest absolute Gasteiger partial charge is 0.451 e. The molecule has 1 fully saturated rings. The van der Waals surface area contributed by atoms with E-state index in [-0.39, 0.29) is 11.6 Å². The van der Waals surface area contributed by atoms with Crippen molar-refractivity contribution in [2.75, 3.05) is 23.4 Å². The molecule has 2 rings (SSSR count). The first-order valence-electron chi connectivity index (χ1n) is 6.62. The highest BCUT2D eigenvalue weighted by atomic mass is 19.4. The van der Waals surface area contributed by atoms with E-state index in [4.69, 9.17) is 5.84 Å². The van der Waals surface area contributed by atoms with Crippen molar-refractivity contribution in [1.29, 1.82) is 0 Å². The van der Waals surface area contributed by atoms with Crippen molar-refractivity contribution < 1.29 is 13.2 Å². The third-order valence-corrected chi connectivity index (χ3v) is 3.53. The smallest absolute Gasteiger partial charge is 0.356 e. The molecule has 3 N–H and O–H groups in total. The number of nitrogens with one attached hydrogen (secondary N) is 1. The highest BCUT2D eigenvalue weighted by molar-refractivity contribution is 5.49. The molecule has 0 radical (unpaired) electrons. The van der Waals surface area contributed by atoms with Crippen LogP contribution in [0.25, 0.3) is 0 Å². The molecule has 0 saturated carbocycles. The fourth-order valence-electron chi connectivity index (χ4n) is 2.40. The Kier molecular flexibility index (Phi) is 4.32. The van der Waals surface area contributed by atoms with Crippen molar-refractivity contribution in [3.63, 3.8) is 0 Å². The number of halogens is 3. The van der Waals surface area contributed by atoms with Crippen molar-refractivity contribution in [3.8, 4) is 0 Å². The Hall–Kier alpha value is -1.57. The molecule has 1 aliphatic rings. The summed E-state index contributed by atoms with van der Waals surface area (Å²) in [4.78, 5) is 8.87. The van der Waals surface area contributed by atoms with Gasteiger partial charge in [-0.1, -0.05) is 13.3 Å². The maximum absolute atomic E-state index is 12.8. The van der Waals surface area contributed by atoms with Crippen molar-refractivity contribution in [2.45, 2.75) is 32.4 Å². The van der Waals surface area contributed by atoms with Gasteiger partial charge in [-0.05, 0) is 18.8 Å². The molecule has 0 amide bonds. The maximum Gasteiger partial charge on any atom is 0.451 e. The first-order chi connectivity index (χ1) is 9.44. The quantitative estimate of drug-likeness (QED) is 0.660. The van der Waals surface area contributed by atoms with Crippen molar-refractivity contribution in [2.24, 2.45) is 11.8 Å². The first-order valence-corrected chi connectivity index (χ1v) is 6.62. The second kappa shape index (κ2) is 5.82. The van der Waals surface area contributed by atoms with Crippen molar-refractivity contribution in [1.82, 2.24) is 9.97 Å². The lowest BCUT2D eigenvalue weighted by Gasteiger charge is -2.33. The molecule has 0 aromatic carbocycles. The van der Waals surface area contributed by atoms with Gasteiger partial charge in [0.2, 0.25) is 5.82 Å². The van der Waals surface area contributed by atoms with Gasteiger partial charge in [-0.25, -0.2) is 15.8 Å². The van der Waals surface area contributed by atoms with Gasteiger partial charge in [0.15, 0.2) is 0 Å². The zero-order chi connectivity index (χ0) is 14.8. The van der Waals surface area contributed by atoms with Gasteiger partial charge < -0.3 is 10.3 Å². The lowest BCUT2D eigenvalue weighted by atomic mass is 9.96. The molecule has 20 heavy (non-hydrogen) atoms. The number of nitrogens with zero attached hydrogens (tertiary/aromatic N) is 3. The summed E-state index contributed by atoms with van der Waals surface area (Å²) >= 11 is 0. The monoisotopic (exact) mass is 289 g/mol. The van der Waals surface area contributed by atoms with Crippen LogP contribution in [0.15, 0.2) is 6.07 Å². The molecule has 5 nitrogen and oxygen atoms in total. The molecular weight excluding hydrogens is 271 g/mol. The minimum absolute atomic E-state index is 0.0269. The average molecular weight is 289 g/mol. The second-order valence-electron chi connectivity index (χ2n) is 4.94. The highest BCUT2D eigenvalue weighted by Gasteiger charge is 2.36. The summed E-state index contributed by atoms with van der Waals surface area (Å²) in [7, 11) is 0. The molecule has 1 aromatic heterocycles. The molecular formula is C12H18F3N5. The summed E-state index contributed by atoms with van der Waals surface area (Å²) in [6, 6.07) is 1.45. The number of nitrogen functional groups attached to an aromatic ring is 1. The van der Waals surface area contributed by atoms with Crippen molar-refractivity contribution in [3.05, 3.63) is 11.9 Å². The van der Waals surface area contributed by atoms with E-state index in [0.29, 0.717) is 12.5 Å². The van der Waals surface area contributed by atoms with E-state index in [0.717, 1.165) is 25.8 Å². The number of rotatable bonds is 3. The van der Waals surface area contributed by atoms with Crippen LogP contribution in [0.1, 0.15) is 32.0 Å². The fourth-order valence-corrected chi connectivity index (χ4v) is 2.40. The molecule has 1 aliphatic heterocycles. The Bertz CT molecular complexity index is 463. The SMILES string of the molecule is CCC1CCCN(c2cc(NN)nc(C(F)(F)F)n2)C1. The molecule has 1 unspecified atom stereocenters. The van der Waals surface area contributed by atoms with Gasteiger partial charge in [0, 0.05) is 19.2 Å². The van der Waals surface area contributed by atoms with Gasteiger partial charge in [-0.2, -0.15) is 13.2 Å². The van der Waals surface area contributed by atoms with Gasteiger partial charge in [0.05, 0.1) is 0 Å². The maximum atomic E-state index is 12.8. The number of hydrogen-bond donors (Lipinski definition) is 2. The fraction of sp³-hybridized carbons (Fsp3) is 0.667. The van der Waals surface area contributed by atoms with Gasteiger partial charge in [0.25, 0.3) is 0 Å². The van der Waals surface area contributed by atoms with E-state index in [9.17, 15) is 13.2 Å². The summed E-state index contributed by atoms with van der Waals surface area (Å²) in [6.07, 6.45) is -1.52. The minimum atomic E-state index is -4.58. The van der Waals surface area contributed by atoms with Gasteiger partial charge >= 0.3 is 6.18 Å². The lowest BCUT2D eigenvalue weighted by molar-refractivity contribution is -0.144. The Labute approximate surface area is 115 Å². The summed E-state index contributed by atoms with van der Waals surface area (Å²) in [5.74, 6) is 4.76. The predicted molar refractivity (Wildman–Crippen MR) is 70.1 cm³/mol. The zero-order valence-corrected chi connectivity index (χ0v) is 11.2. The summed E-state index contributed by atoms with van der Waals surface area (Å²) in [5.41, 5.74) is 2.17. The van der Waals surface area contributed by atoms with Gasteiger partial charge in [-0.15, -0.1) is 0 Å². The minimum Gasteiger partial charge on any atom is -0.356 e. The number of nitrogens with two attached hydrogens (primary N) is 1. The summed E-state index contributed by atoms with van der Waals surface area (Å²) < 4.78 is 38.3. The molecule has 1 saturated heterocycles. The Morgan fingerprint density at radius 1 is 1.45 bits per heavy atom. The van der Waals surface area contributed by atoms with E-state index in [1.807, 2.05) is 4.90 Å². The summed E-state index contributed by atoms with van der Waals surface area (Å²) in [6.45, 7) is 3.51. The Morgan fingerprint density at radius 3 is 2.80 bits per heavy atom. The highest BCUT2D eigenvalue weighted by Crippen LogP contribution is 2.30. The second-order valence-corrected chi connectivity index (χ2v) is 4.94. The van der Waals surface area contributed by atoms with Crippen LogP contribution in [-0.2, 0) is 6.18 Å². The third kappa shape index (κ3) is 3.30. The van der Waals surface area contributed by atoms with Crippen LogP contribution in [-0.4, -0.2) is 23.1 Å². The Morgan fingerprint density at radius 2 is 2.20 bits per heavy atom. The number of aromatic nitrogens is 2. The standard InChI is InChI=1S/C12H18F3N5/c1-2-8-4-3-5-20(7-8)10-6-9(19-16)17-11(18-10)12(13,14)15/h6,8H,2-5,7,16H2,1H3,(H,17,18,19). The molecule has 1 aromatic rings. The van der Waals surface area contributed by atoms with Crippen LogP contribution >= 0.6 is 0 Å². The number of hydrazine groups is 1. The molecule has 0 spiro atoms. The normalized spacial score (nSPS) is 20.1. The average Bonchev–Trinajstić information content (AvgIpc) is 2.46. The van der Waals surface area contributed by atoms with E-state index in [1.165, 1.54) is 6.07 Å².